The zero-order valence-electron chi connectivity index (χ0n) is 9.04. The Labute approximate surface area is 99.5 Å². The largest absolute Gasteiger partial charge is 0.502 e. The van der Waals surface area contributed by atoms with Crippen molar-refractivity contribution >= 4 is 17.6 Å². The summed E-state index contributed by atoms with van der Waals surface area (Å²) in [7, 11) is 0. The Morgan fingerprint density at radius 2 is 1.67 bits per heavy atom. The minimum atomic E-state index is -0.779. The fraction of sp³-hybridized carbons (Fsp3) is 0. The highest BCUT2D eigenvalue weighted by molar-refractivity contribution is 5.44. The van der Waals surface area contributed by atoms with E-state index in [0.717, 1.165) is 6.20 Å². The molecule has 0 fully saturated rings. The van der Waals surface area contributed by atoms with E-state index in [0.29, 0.717) is 11.6 Å². The number of nitrogens with zero attached hydrogens (tertiary/aromatic N) is 2. The van der Waals surface area contributed by atoms with E-state index in [9.17, 15) is 9.59 Å². The molecule has 18 heavy (non-hydrogen) atoms. The predicted octanol–water partition coefficient (Wildman–Crippen LogP) is -2.01. The van der Waals surface area contributed by atoms with E-state index in [-0.39, 0.29) is 5.95 Å². The molecule has 0 aromatic carbocycles. The van der Waals surface area contributed by atoms with Crippen LogP contribution in [0.2, 0.25) is 0 Å². The van der Waals surface area contributed by atoms with Gasteiger partial charge in [-0.15, -0.1) is 0 Å². The molecule has 0 saturated carbocycles. The number of nitrogen functional groups attached to an aromatic ring is 3. The van der Waals surface area contributed by atoms with E-state index in [2.05, 4.69) is 15.0 Å². The fourth-order valence-corrected chi connectivity index (χ4v) is 0.908. The lowest BCUT2D eigenvalue weighted by Crippen LogP contribution is -2.20. The highest BCUT2D eigenvalue weighted by Crippen LogP contribution is 2.03. The highest BCUT2D eigenvalue weighted by Gasteiger charge is 1.92. The molecule has 0 atom stereocenters. The number of aromatic amines is 2. The number of anilines is 3. The molecule has 0 spiro atoms. The van der Waals surface area contributed by atoms with Crippen molar-refractivity contribution in [3.63, 3.8) is 0 Å². The van der Waals surface area contributed by atoms with Gasteiger partial charge in [-0.05, 0) is 0 Å². The molecule has 0 bridgehead atoms. The zero-order valence-corrected chi connectivity index (χ0v) is 9.04. The van der Waals surface area contributed by atoms with Gasteiger partial charge < -0.3 is 27.3 Å². The second-order valence-electron chi connectivity index (χ2n) is 3.03. The number of rotatable bonds is 0. The van der Waals surface area contributed by atoms with Gasteiger partial charge in [-0.1, -0.05) is 0 Å². The maximum Gasteiger partial charge on any atom is 0.325 e. The quantitative estimate of drug-likeness (QED) is 0.310. The number of aromatic nitrogens is 4. The Hall–Kier alpha value is -3.04. The minimum absolute atomic E-state index is 0.104. The Kier molecular flexibility index (Phi) is 3.86. The first-order chi connectivity index (χ1) is 8.38. The monoisotopic (exact) mass is 253 g/mol. The van der Waals surface area contributed by atoms with Crippen molar-refractivity contribution in [2.45, 2.75) is 0 Å². The normalized spacial score (nSPS) is 9.33. The van der Waals surface area contributed by atoms with Crippen molar-refractivity contribution in [3.05, 3.63) is 33.1 Å². The molecule has 0 aliphatic carbocycles. The summed E-state index contributed by atoms with van der Waals surface area (Å²) in [6.07, 6.45) is 0.932. The van der Waals surface area contributed by atoms with Crippen LogP contribution in [0.25, 0.3) is 0 Å². The van der Waals surface area contributed by atoms with Gasteiger partial charge >= 0.3 is 5.69 Å². The number of hydrogen-bond donors (Lipinski definition) is 6. The first kappa shape index (κ1) is 13.0. The average molecular weight is 253 g/mol. The maximum absolute atomic E-state index is 10.3. The number of nitrogens with two attached hydrogens (primary N) is 3. The van der Waals surface area contributed by atoms with Crippen LogP contribution in [0.15, 0.2) is 21.9 Å². The summed E-state index contributed by atoms with van der Waals surface area (Å²) >= 11 is 0. The summed E-state index contributed by atoms with van der Waals surface area (Å²) in [5.74, 6) is 0.196. The summed E-state index contributed by atoms with van der Waals surface area (Å²) in [4.78, 5) is 31.6. The van der Waals surface area contributed by atoms with Crippen molar-refractivity contribution in [1.29, 1.82) is 0 Å². The molecule has 10 heteroatoms. The molecule has 0 radical (unpaired) electrons. The van der Waals surface area contributed by atoms with E-state index >= 15 is 0 Å². The van der Waals surface area contributed by atoms with E-state index in [1.807, 2.05) is 4.98 Å². The van der Waals surface area contributed by atoms with Crippen LogP contribution in [0, 0.1) is 0 Å². The molecule has 2 rings (SSSR count). The van der Waals surface area contributed by atoms with E-state index in [1.165, 1.54) is 6.07 Å². The molecule has 2 aromatic rings. The van der Waals surface area contributed by atoms with Gasteiger partial charge in [-0.2, -0.15) is 9.97 Å². The first-order valence-electron chi connectivity index (χ1n) is 4.55. The SMILES string of the molecule is Nc1cc(N)nc(N)n1.O=c1[nH]cc(O)c(=O)[nH]1. The van der Waals surface area contributed by atoms with Gasteiger partial charge in [-0.25, -0.2) is 4.79 Å². The van der Waals surface area contributed by atoms with Crippen LogP contribution in [-0.2, 0) is 0 Å². The maximum atomic E-state index is 10.3. The lowest BCUT2D eigenvalue weighted by atomic mass is 10.5. The molecule has 0 aliphatic heterocycles. The van der Waals surface area contributed by atoms with E-state index in [1.54, 1.807) is 0 Å². The average Bonchev–Trinajstić information content (AvgIpc) is 2.23. The van der Waals surface area contributed by atoms with Gasteiger partial charge in [-0.3, -0.25) is 9.78 Å². The fourth-order valence-electron chi connectivity index (χ4n) is 0.908. The van der Waals surface area contributed by atoms with Gasteiger partial charge in [0.1, 0.15) is 11.6 Å². The smallest absolute Gasteiger partial charge is 0.325 e. The van der Waals surface area contributed by atoms with Crippen LogP contribution >= 0.6 is 0 Å². The molecule has 9 N–H and O–H groups in total. The molecule has 0 unspecified atom stereocenters. The van der Waals surface area contributed by atoms with Gasteiger partial charge in [0.05, 0.1) is 6.20 Å². The molecule has 2 aromatic heterocycles. The number of nitrogens with one attached hydrogen (secondary N) is 2. The lowest BCUT2D eigenvalue weighted by Gasteiger charge is -1.94. The molecular weight excluding hydrogens is 242 g/mol. The standard InChI is InChI=1S/C4H7N5.C4H4N2O3/c5-2-1-3(6)9-4(7)8-2;7-2-1-5-4(9)6-3(2)8/h1H,(H6,5,6,7,8,9);1,7H,(H2,5,6,8,9). The third-order valence-electron chi connectivity index (χ3n) is 1.58. The highest BCUT2D eigenvalue weighted by atomic mass is 16.3. The minimum Gasteiger partial charge on any atom is -0.502 e. The molecule has 0 amide bonds. The Morgan fingerprint density at radius 1 is 1.11 bits per heavy atom. The van der Waals surface area contributed by atoms with Crippen molar-refractivity contribution in [2.75, 3.05) is 17.2 Å². The topological polar surface area (TPSA) is 190 Å². The van der Waals surface area contributed by atoms with Crippen LogP contribution in [0.3, 0.4) is 0 Å². The van der Waals surface area contributed by atoms with Gasteiger partial charge in [0.15, 0.2) is 5.75 Å². The van der Waals surface area contributed by atoms with Crippen molar-refractivity contribution in [1.82, 2.24) is 19.9 Å². The van der Waals surface area contributed by atoms with Crippen molar-refractivity contribution in [2.24, 2.45) is 0 Å². The number of H-pyrrole nitrogens is 2. The zero-order chi connectivity index (χ0) is 13.7. The second kappa shape index (κ2) is 5.34. The lowest BCUT2D eigenvalue weighted by molar-refractivity contribution is 0.462. The van der Waals surface area contributed by atoms with Crippen LogP contribution in [0.4, 0.5) is 17.6 Å². The van der Waals surface area contributed by atoms with Gasteiger partial charge in [0.25, 0.3) is 5.56 Å². The van der Waals surface area contributed by atoms with E-state index < -0.39 is 17.0 Å². The third kappa shape index (κ3) is 3.84. The summed E-state index contributed by atoms with van der Waals surface area (Å²) in [5.41, 5.74) is 14.3. The molecule has 0 aliphatic rings. The Bertz CT molecular complexity index is 597. The van der Waals surface area contributed by atoms with Crippen LogP contribution in [-0.4, -0.2) is 25.0 Å². The third-order valence-corrected chi connectivity index (χ3v) is 1.58. The van der Waals surface area contributed by atoms with Gasteiger partial charge in [0.2, 0.25) is 5.95 Å². The van der Waals surface area contributed by atoms with Crippen molar-refractivity contribution in [3.8, 4) is 5.75 Å². The summed E-state index contributed by atoms with van der Waals surface area (Å²) in [6, 6.07) is 1.44. The molecule has 96 valence electrons. The van der Waals surface area contributed by atoms with Crippen LogP contribution in [0.1, 0.15) is 0 Å². The van der Waals surface area contributed by atoms with Crippen LogP contribution < -0.4 is 28.5 Å². The number of hydrogen-bond acceptors (Lipinski definition) is 8. The molecule has 10 nitrogen and oxygen atoms in total. The predicted molar refractivity (Wildman–Crippen MR) is 64.6 cm³/mol. The number of aromatic hydroxyl groups is 1. The first-order valence-corrected chi connectivity index (χ1v) is 4.55. The summed E-state index contributed by atoms with van der Waals surface area (Å²) < 4.78 is 0. The molecule has 2 heterocycles. The molecule has 0 saturated heterocycles. The van der Waals surface area contributed by atoms with Crippen molar-refractivity contribution < 1.29 is 5.11 Å². The molecular formula is C8H11N7O3. The Balaban J connectivity index is 0.000000180. The van der Waals surface area contributed by atoms with Crippen LogP contribution in [0.5, 0.6) is 5.75 Å². The van der Waals surface area contributed by atoms with E-state index in [4.69, 9.17) is 22.3 Å². The summed E-state index contributed by atoms with van der Waals surface area (Å²) in [6.45, 7) is 0. The summed E-state index contributed by atoms with van der Waals surface area (Å²) in [5, 5.41) is 8.53. The Morgan fingerprint density at radius 3 is 2.06 bits per heavy atom. The van der Waals surface area contributed by atoms with Gasteiger partial charge in [0, 0.05) is 6.07 Å². The second-order valence-corrected chi connectivity index (χ2v) is 3.03.